The Hall–Kier alpha value is -7.11. The van der Waals surface area contributed by atoms with E-state index in [9.17, 15) is 28.8 Å². The highest BCUT2D eigenvalue weighted by atomic mass is 16.6. The predicted octanol–water partition coefficient (Wildman–Crippen LogP) is 28.7. The monoisotopic (exact) mass is 1680 g/mol. The zero-order chi connectivity index (χ0) is 87.0. The maximum Gasteiger partial charge on any atom is 0.311 e. The second-order valence-electron chi connectivity index (χ2n) is 34.0. The smallest absolute Gasteiger partial charge is 0.311 e. The van der Waals surface area contributed by atoms with Crippen molar-refractivity contribution in [2.75, 3.05) is 0 Å². The third kappa shape index (κ3) is 44.8. The van der Waals surface area contributed by atoms with E-state index in [4.69, 9.17) is 42.6 Å². The van der Waals surface area contributed by atoms with Crippen molar-refractivity contribution in [3.05, 3.63) is 51.6 Å². The first kappa shape index (κ1) is 105. The molecule has 0 bridgehead atoms. The van der Waals surface area contributed by atoms with Gasteiger partial charge >= 0.3 is 53.7 Å². The van der Waals surface area contributed by atoms with Crippen molar-refractivity contribution in [1.82, 2.24) is 0 Å². The SMILES string of the molecule is CCCCCCCCC(=O)Oc1cc2c(c(OC(=O)CCCCCCCC)c1OC(=O)CCCCCCCC)Cc1cc(OC(=O)CCCCCCCC)c(OC(=O)CCCCCCCC)c(OC(=O)CCCCCCCC)c1Cc1cc(OC(=O)CCCCCCCC)c(OC(=O)CCCCCCCC)c(OC(=O)CCCCCCCC)c1C2. The lowest BCUT2D eigenvalue weighted by molar-refractivity contribution is -0.138. The average Bonchev–Trinajstić information content (AvgIpc) is 1.52. The van der Waals surface area contributed by atoms with Gasteiger partial charge in [-0.05, 0) is 92.7 Å². The number of fused-ring (bicyclic) bond motifs is 3. The van der Waals surface area contributed by atoms with Crippen LogP contribution in [0.25, 0.3) is 0 Å². The second kappa shape index (κ2) is 67.4. The van der Waals surface area contributed by atoms with Crippen LogP contribution in [0.2, 0.25) is 0 Å². The summed E-state index contributed by atoms with van der Waals surface area (Å²) in [5.74, 6) is -8.30. The molecule has 3 aromatic carbocycles. The molecule has 1 aliphatic carbocycles. The highest BCUT2D eigenvalue weighted by Gasteiger charge is 2.37. The standard InChI is InChI=1S/C102H162O18/c1-10-19-28-37-46-55-64-88(103)112-85-76-79-73-83-81(78-87(114-90(105)66-57-48-39-30-21-12-3)101(119-95(110)71-62-53-44-35-26-17-8)98(83)116-92(107)68-59-50-41-32-23-14-5)75-84-80(74-82(79)97(115-91(106)67-58-49-40-31-22-13-4)100(85)118-94(109)70-61-52-43-34-25-16-7)77-86(113-89(104)65-56-47-38-29-20-11-2)102(120-96(111)72-63-54-45-36-27-18-9)99(84)117-93(108)69-60-51-42-33-24-15-6/h76-78H,10-75H2,1-9H3. The Bertz CT molecular complexity index is 3070. The van der Waals surface area contributed by atoms with E-state index in [1.165, 1.54) is 0 Å². The van der Waals surface area contributed by atoms with Crippen LogP contribution in [0.5, 0.6) is 51.7 Å². The van der Waals surface area contributed by atoms with Crippen LogP contribution in [0.1, 0.15) is 500 Å². The van der Waals surface area contributed by atoms with Gasteiger partial charge in [0.15, 0.2) is 34.5 Å². The molecule has 0 N–H and O–H groups in total. The maximum absolute atomic E-state index is 15.2. The van der Waals surface area contributed by atoms with E-state index < -0.39 is 53.7 Å². The largest absolute Gasteiger partial charge is 0.422 e. The molecule has 18 nitrogen and oxygen atoms in total. The van der Waals surface area contributed by atoms with Crippen molar-refractivity contribution in [3.8, 4) is 51.7 Å². The number of carbonyl (C=O) groups excluding carboxylic acids is 9. The molecule has 0 aliphatic heterocycles. The minimum atomic E-state index is -0.672. The third-order valence-electron chi connectivity index (χ3n) is 22.9. The van der Waals surface area contributed by atoms with Gasteiger partial charge in [0.25, 0.3) is 0 Å². The van der Waals surface area contributed by atoms with Crippen LogP contribution >= 0.6 is 0 Å². The van der Waals surface area contributed by atoms with Crippen LogP contribution in [0.3, 0.4) is 0 Å². The van der Waals surface area contributed by atoms with Gasteiger partial charge in [0, 0.05) is 93.7 Å². The Labute approximate surface area is 725 Å². The zero-order valence-corrected chi connectivity index (χ0v) is 76.7. The molecule has 0 fully saturated rings. The lowest BCUT2D eigenvalue weighted by atomic mass is 9.92. The number of rotatable bonds is 72. The van der Waals surface area contributed by atoms with Crippen molar-refractivity contribution < 1.29 is 85.8 Å². The van der Waals surface area contributed by atoms with Crippen LogP contribution in [0.4, 0.5) is 0 Å². The molecule has 0 saturated heterocycles. The Morgan fingerprint density at radius 2 is 0.300 bits per heavy atom. The summed E-state index contributed by atoms with van der Waals surface area (Å²) in [5, 5.41) is 0. The molecular formula is C102H162O18. The molecule has 0 unspecified atom stereocenters. The van der Waals surface area contributed by atoms with Gasteiger partial charge in [-0.2, -0.15) is 0 Å². The summed E-state index contributed by atoms with van der Waals surface area (Å²) >= 11 is 0. The van der Waals surface area contributed by atoms with E-state index in [1.54, 1.807) is 18.2 Å². The van der Waals surface area contributed by atoms with Gasteiger partial charge in [-0.1, -0.05) is 351 Å². The van der Waals surface area contributed by atoms with Gasteiger partial charge in [-0.15, -0.1) is 0 Å². The Morgan fingerprint density at radius 3 is 0.450 bits per heavy atom. The van der Waals surface area contributed by atoms with E-state index >= 15 is 14.4 Å². The van der Waals surface area contributed by atoms with E-state index in [2.05, 4.69) is 62.3 Å². The summed E-state index contributed by atoms with van der Waals surface area (Å²) in [6.07, 6.45) is 45.7. The molecule has 4 rings (SSSR count). The Morgan fingerprint density at radius 1 is 0.175 bits per heavy atom. The molecule has 0 amide bonds. The lowest BCUT2D eigenvalue weighted by Gasteiger charge is -2.23. The van der Waals surface area contributed by atoms with Crippen molar-refractivity contribution in [1.29, 1.82) is 0 Å². The van der Waals surface area contributed by atoms with E-state index in [0.29, 0.717) is 74.5 Å². The van der Waals surface area contributed by atoms with Crippen LogP contribution in [0.15, 0.2) is 18.2 Å². The second-order valence-corrected chi connectivity index (χ2v) is 34.0. The minimum absolute atomic E-state index is 0.00316. The number of esters is 9. The minimum Gasteiger partial charge on any atom is -0.422 e. The lowest BCUT2D eigenvalue weighted by Crippen LogP contribution is -2.18. The third-order valence-corrected chi connectivity index (χ3v) is 22.9. The van der Waals surface area contributed by atoms with Gasteiger partial charge in [0.1, 0.15) is 0 Å². The van der Waals surface area contributed by atoms with Gasteiger partial charge in [-0.25, -0.2) is 0 Å². The summed E-state index contributed by atoms with van der Waals surface area (Å²) in [6, 6.07) is 4.76. The molecule has 0 spiro atoms. The summed E-state index contributed by atoms with van der Waals surface area (Å²) in [7, 11) is 0. The summed E-state index contributed by atoms with van der Waals surface area (Å²) in [6.45, 7) is 19.3. The first-order chi connectivity index (χ1) is 58.5. The molecule has 0 atom stereocenters. The fraction of sp³-hybridized carbons (Fsp3) is 0.735. The van der Waals surface area contributed by atoms with E-state index in [1.807, 2.05) is 0 Å². The van der Waals surface area contributed by atoms with Crippen LogP contribution in [-0.4, -0.2) is 53.7 Å². The predicted molar refractivity (Wildman–Crippen MR) is 480 cm³/mol. The first-order valence-corrected chi connectivity index (χ1v) is 48.9. The number of hydrogen-bond donors (Lipinski definition) is 0. The summed E-state index contributed by atoms with van der Waals surface area (Å²) < 4.78 is 59.8. The molecule has 18 heteroatoms. The van der Waals surface area contributed by atoms with Gasteiger partial charge in [-0.3, -0.25) is 43.2 Å². The highest BCUT2D eigenvalue weighted by Crippen LogP contribution is 2.53. The molecule has 0 heterocycles. The quantitative estimate of drug-likeness (QED) is 0.0227. The Kier molecular flexibility index (Phi) is 59.1. The molecular weight excluding hydrogens is 1510 g/mol. The molecule has 0 aromatic heterocycles. The molecule has 1 aliphatic rings. The van der Waals surface area contributed by atoms with Crippen molar-refractivity contribution in [2.45, 2.75) is 486 Å². The van der Waals surface area contributed by atoms with Crippen LogP contribution < -0.4 is 42.6 Å². The van der Waals surface area contributed by atoms with Gasteiger partial charge < -0.3 is 42.6 Å². The number of benzene rings is 3. The van der Waals surface area contributed by atoms with Crippen LogP contribution in [0, 0.1) is 0 Å². The number of carbonyl (C=O) groups is 9. The maximum atomic E-state index is 15.2. The van der Waals surface area contributed by atoms with Crippen molar-refractivity contribution in [2.24, 2.45) is 0 Å². The van der Waals surface area contributed by atoms with Crippen LogP contribution in [-0.2, 0) is 62.4 Å². The normalized spacial score (nSPS) is 11.7. The Balaban J connectivity index is 2.45. The zero-order valence-electron chi connectivity index (χ0n) is 76.7. The van der Waals surface area contributed by atoms with Gasteiger partial charge in [0.05, 0.1) is 0 Å². The highest BCUT2D eigenvalue weighted by molar-refractivity contribution is 5.86. The fourth-order valence-corrected chi connectivity index (χ4v) is 15.5. The number of unbranched alkanes of at least 4 members (excludes halogenated alkanes) is 45. The van der Waals surface area contributed by atoms with E-state index in [-0.39, 0.29) is 145 Å². The topological polar surface area (TPSA) is 237 Å². The fourth-order valence-electron chi connectivity index (χ4n) is 15.5. The number of hydrogen-bond acceptors (Lipinski definition) is 18. The summed E-state index contributed by atoms with van der Waals surface area (Å²) in [5.41, 5.74) is 1.52. The molecule has 3 aromatic rings. The molecule has 678 valence electrons. The van der Waals surface area contributed by atoms with Crippen molar-refractivity contribution >= 4 is 53.7 Å². The number of ether oxygens (including phenoxy) is 9. The molecule has 120 heavy (non-hydrogen) atoms. The summed E-state index contributed by atoms with van der Waals surface area (Å²) in [4.78, 5) is 135. The van der Waals surface area contributed by atoms with Gasteiger partial charge in [0.2, 0.25) is 17.2 Å². The molecule has 0 saturated carbocycles. The molecule has 0 radical (unpaired) electrons. The van der Waals surface area contributed by atoms with E-state index in [0.717, 1.165) is 289 Å². The first-order valence-electron chi connectivity index (χ1n) is 48.9. The van der Waals surface area contributed by atoms with Crippen molar-refractivity contribution in [3.63, 3.8) is 0 Å². The average molecular weight is 1680 g/mol.